The van der Waals surface area contributed by atoms with Crippen molar-refractivity contribution in [1.82, 2.24) is 0 Å². The van der Waals surface area contributed by atoms with Crippen LogP contribution in [-0.4, -0.2) is 17.6 Å². The fraction of sp³-hybridized carbons (Fsp3) is 0.421. The summed E-state index contributed by atoms with van der Waals surface area (Å²) in [6, 6.07) is 6.85. The molecule has 116 valence electrons. The van der Waals surface area contributed by atoms with E-state index in [2.05, 4.69) is 12.2 Å². The summed E-state index contributed by atoms with van der Waals surface area (Å²) in [6.07, 6.45) is 5.50. The number of hydrogen-bond acceptors (Lipinski definition) is 3. The number of hydrogen-bond donors (Lipinski definition) is 0. The predicted octanol–water partition coefficient (Wildman–Crippen LogP) is 2.45. The summed E-state index contributed by atoms with van der Waals surface area (Å²) < 4.78 is 0. The van der Waals surface area contributed by atoms with Gasteiger partial charge in [-0.2, -0.15) is 0 Å². The van der Waals surface area contributed by atoms with Crippen LogP contribution in [0.1, 0.15) is 23.7 Å². The molecule has 2 amide bonds. The highest BCUT2D eigenvalue weighted by atomic mass is 16.2. The first kappa shape index (κ1) is 13.2. The van der Waals surface area contributed by atoms with Gasteiger partial charge < -0.3 is 0 Å². The van der Waals surface area contributed by atoms with Gasteiger partial charge in [0.05, 0.1) is 17.5 Å². The van der Waals surface area contributed by atoms with Crippen LogP contribution in [0.25, 0.3) is 0 Å². The molecule has 5 aliphatic rings. The highest BCUT2D eigenvalue weighted by Gasteiger charge is 2.67. The molecule has 23 heavy (non-hydrogen) atoms. The molecule has 6 atom stereocenters. The van der Waals surface area contributed by atoms with Crippen molar-refractivity contribution in [2.75, 3.05) is 4.90 Å². The molecule has 4 aliphatic carbocycles. The molecule has 1 aromatic rings. The second-order valence-corrected chi connectivity index (χ2v) is 7.27. The van der Waals surface area contributed by atoms with Crippen molar-refractivity contribution in [2.45, 2.75) is 13.3 Å². The number of anilines is 1. The summed E-state index contributed by atoms with van der Waals surface area (Å²) in [5.74, 6) is 1.06. The van der Waals surface area contributed by atoms with E-state index < -0.39 is 0 Å². The number of amides is 2. The molecule has 1 heterocycles. The van der Waals surface area contributed by atoms with E-state index in [0.29, 0.717) is 23.1 Å². The number of carbonyl (C=O) groups excluding carboxylic acids is 3. The topological polar surface area (TPSA) is 54.5 Å². The zero-order chi connectivity index (χ0) is 15.9. The Morgan fingerprint density at radius 3 is 2.22 bits per heavy atom. The van der Waals surface area contributed by atoms with Crippen molar-refractivity contribution in [3.8, 4) is 0 Å². The Hall–Kier alpha value is -2.23. The lowest BCUT2D eigenvalue weighted by molar-refractivity contribution is -0.124. The second kappa shape index (κ2) is 4.19. The zero-order valence-corrected chi connectivity index (χ0v) is 12.8. The number of carbonyl (C=O) groups is 3. The van der Waals surface area contributed by atoms with E-state index in [1.165, 1.54) is 11.8 Å². The van der Waals surface area contributed by atoms with E-state index >= 15 is 0 Å². The van der Waals surface area contributed by atoms with Crippen molar-refractivity contribution >= 4 is 23.3 Å². The van der Waals surface area contributed by atoms with Gasteiger partial charge in [0.25, 0.3) is 0 Å². The third-order valence-electron chi connectivity index (χ3n) is 6.17. The Morgan fingerprint density at radius 2 is 1.65 bits per heavy atom. The molecule has 1 saturated heterocycles. The summed E-state index contributed by atoms with van der Waals surface area (Å²) in [5, 5.41) is 0. The molecule has 0 spiro atoms. The summed E-state index contributed by atoms with van der Waals surface area (Å²) in [4.78, 5) is 38.9. The number of imide groups is 1. The molecule has 4 heteroatoms. The van der Waals surface area contributed by atoms with Crippen LogP contribution in [0.5, 0.6) is 0 Å². The molecule has 0 unspecified atom stereocenters. The van der Waals surface area contributed by atoms with Gasteiger partial charge >= 0.3 is 0 Å². The maximum atomic E-state index is 13.0. The number of allylic oxidation sites excluding steroid dienone is 2. The average molecular weight is 307 g/mol. The van der Waals surface area contributed by atoms with Crippen molar-refractivity contribution in [2.24, 2.45) is 35.5 Å². The molecule has 3 fully saturated rings. The molecule has 0 radical (unpaired) electrons. The fourth-order valence-corrected chi connectivity index (χ4v) is 5.08. The van der Waals surface area contributed by atoms with Gasteiger partial charge in [0, 0.05) is 5.56 Å². The van der Waals surface area contributed by atoms with Crippen LogP contribution in [0.3, 0.4) is 0 Å². The van der Waals surface area contributed by atoms with Crippen LogP contribution in [0.15, 0.2) is 36.4 Å². The van der Waals surface area contributed by atoms with E-state index in [9.17, 15) is 14.4 Å². The fourth-order valence-electron chi connectivity index (χ4n) is 5.08. The Kier molecular flexibility index (Phi) is 2.41. The first-order chi connectivity index (χ1) is 11.1. The quantitative estimate of drug-likeness (QED) is 0.479. The van der Waals surface area contributed by atoms with E-state index in [-0.39, 0.29) is 41.3 Å². The maximum absolute atomic E-state index is 13.0. The van der Waals surface area contributed by atoms with E-state index in [1.54, 1.807) is 24.3 Å². The number of Topliss-reactive ketones (excluding diaryl/α,β-unsaturated/α-hetero) is 1. The van der Waals surface area contributed by atoms with Gasteiger partial charge in [-0.25, -0.2) is 4.90 Å². The lowest BCUT2D eigenvalue weighted by Crippen LogP contribution is -2.40. The van der Waals surface area contributed by atoms with Crippen LogP contribution in [0.4, 0.5) is 5.69 Å². The first-order valence-electron chi connectivity index (χ1n) is 8.25. The summed E-state index contributed by atoms with van der Waals surface area (Å²) in [7, 11) is 0. The van der Waals surface area contributed by atoms with Crippen LogP contribution in [0, 0.1) is 35.5 Å². The second-order valence-electron chi connectivity index (χ2n) is 7.27. The van der Waals surface area contributed by atoms with Gasteiger partial charge in [0.1, 0.15) is 0 Å². The molecule has 6 rings (SSSR count). The van der Waals surface area contributed by atoms with Gasteiger partial charge in [-0.15, -0.1) is 0 Å². The third-order valence-corrected chi connectivity index (χ3v) is 6.17. The van der Waals surface area contributed by atoms with Crippen LogP contribution < -0.4 is 4.90 Å². The lowest BCUT2D eigenvalue weighted by Gasteiger charge is -2.37. The van der Waals surface area contributed by atoms with Crippen molar-refractivity contribution < 1.29 is 14.4 Å². The van der Waals surface area contributed by atoms with Gasteiger partial charge in [-0.1, -0.05) is 24.3 Å². The molecular formula is C19H17NO3. The molecular weight excluding hydrogens is 290 g/mol. The highest BCUT2D eigenvalue weighted by Crippen LogP contribution is 2.65. The average Bonchev–Trinajstić information content (AvgIpc) is 3.32. The summed E-state index contributed by atoms with van der Waals surface area (Å²) >= 11 is 0. The maximum Gasteiger partial charge on any atom is 0.238 e. The SMILES string of the molecule is CC(=O)c1cccc(N2C(=O)[C@@H]3[C@H]4C=C[C@H]([C@H]5C[C@H]45)[C@@H]3C2=O)c1. The number of ketones is 1. The first-order valence-corrected chi connectivity index (χ1v) is 8.25. The van der Waals surface area contributed by atoms with E-state index in [1.807, 2.05) is 0 Å². The molecule has 4 nitrogen and oxygen atoms in total. The number of benzene rings is 1. The Labute approximate surface area is 134 Å². The van der Waals surface area contributed by atoms with Gasteiger partial charge in [0.2, 0.25) is 11.8 Å². The summed E-state index contributed by atoms with van der Waals surface area (Å²) in [6.45, 7) is 1.49. The highest BCUT2D eigenvalue weighted by molar-refractivity contribution is 6.23. The molecule has 0 aromatic heterocycles. The minimum atomic E-state index is -0.192. The summed E-state index contributed by atoms with van der Waals surface area (Å²) in [5.41, 5.74) is 1.07. The minimum Gasteiger partial charge on any atom is -0.295 e. The smallest absolute Gasteiger partial charge is 0.238 e. The van der Waals surface area contributed by atoms with Crippen molar-refractivity contribution in [1.29, 1.82) is 0 Å². The standard InChI is InChI=1S/C19H17NO3/c1-9(21)10-3-2-4-11(7-10)20-18(22)16-12-5-6-13(15-8-14(12)15)17(16)19(20)23/h2-7,12-17H,8H2,1H3/t12-,13+,14-,15-,16+,17-/m1/s1. The normalized spacial score (nSPS) is 39.4. The largest absolute Gasteiger partial charge is 0.295 e. The predicted molar refractivity (Wildman–Crippen MR) is 83.6 cm³/mol. The van der Waals surface area contributed by atoms with Gasteiger partial charge in [0.15, 0.2) is 5.78 Å². The van der Waals surface area contributed by atoms with E-state index in [4.69, 9.17) is 0 Å². The van der Waals surface area contributed by atoms with Gasteiger partial charge in [-0.3, -0.25) is 14.4 Å². The number of nitrogens with zero attached hydrogens (tertiary/aromatic N) is 1. The Morgan fingerprint density at radius 1 is 1.04 bits per heavy atom. The molecule has 1 aromatic carbocycles. The van der Waals surface area contributed by atoms with Crippen molar-refractivity contribution in [3.05, 3.63) is 42.0 Å². The zero-order valence-electron chi connectivity index (χ0n) is 12.8. The third kappa shape index (κ3) is 1.58. The molecule has 2 saturated carbocycles. The molecule has 0 N–H and O–H groups in total. The van der Waals surface area contributed by atoms with Crippen LogP contribution in [-0.2, 0) is 9.59 Å². The Balaban J connectivity index is 1.57. The van der Waals surface area contributed by atoms with Crippen LogP contribution >= 0.6 is 0 Å². The monoisotopic (exact) mass is 307 g/mol. The molecule has 2 bridgehead atoms. The lowest BCUT2D eigenvalue weighted by atomic mass is 9.63. The van der Waals surface area contributed by atoms with Crippen molar-refractivity contribution in [3.63, 3.8) is 0 Å². The molecule has 1 aliphatic heterocycles. The van der Waals surface area contributed by atoms with Crippen LogP contribution in [0.2, 0.25) is 0 Å². The minimum absolute atomic E-state index is 0.0636. The Bertz CT molecular complexity index is 760. The van der Waals surface area contributed by atoms with E-state index in [0.717, 1.165) is 6.42 Å². The van der Waals surface area contributed by atoms with Gasteiger partial charge in [-0.05, 0) is 49.1 Å². The number of rotatable bonds is 2.